The van der Waals surface area contributed by atoms with E-state index in [1.54, 1.807) is 12.1 Å². The summed E-state index contributed by atoms with van der Waals surface area (Å²) in [6.07, 6.45) is 0. The molecule has 0 fully saturated rings. The number of hydrogen-bond donors (Lipinski definition) is 0. The normalized spacial score (nSPS) is 10.6. The van der Waals surface area contributed by atoms with Gasteiger partial charge < -0.3 is 4.90 Å². The Balaban J connectivity index is 2.48. The van der Waals surface area contributed by atoms with Gasteiger partial charge in [0.1, 0.15) is 11.6 Å². The van der Waals surface area contributed by atoms with E-state index in [1.165, 1.54) is 12.1 Å². The molecule has 1 heterocycles. The number of nitrogens with zero attached hydrogens (tertiary/aromatic N) is 2. The van der Waals surface area contributed by atoms with E-state index in [-0.39, 0.29) is 5.82 Å². The zero-order valence-corrected chi connectivity index (χ0v) is 12.0. The molecule has 100 valence electrons. The molecule has 0 aliphatic heterocycles. The van der Waals surface area contributed by atoms with E-state index in [1.807, 2.05) is 31.9 Å². The highest BCUT2D eigenvalue weighted by molar-refractivity contribution is 6.17. The third kappa shape index (κ3) is 2.87. The Morgan fingerprint density at radius 2 is 1.84 bits per heavy atom. The second-order valence-electron chi connectivity index (χ2n) is 4.55. The fourth-order valence-corrected chi connectivity index (χ4v) is 2.40. The topological polar surface area (TPSA) is 16.1 Å². The van der Waals surface area contributed by atoms with Crippen LogP contribution in [0.15, 0.2) is 30.3 Å². The summed E-state index contributed by atoms with van der Waals surface area (Å²) in [4.78, 5) is 6.48. The molecule has 2 aromatic rings. The van der Waals surface area contributed by atoms with Crippen LogP contribution >= 0.6 is 11.6 Å². The van der Waals surface area contributed by atoms with Crippen molar-refractivity contribution < 1.29 is 4.39 Å². The van der Waals surface area contributed by atoms with Crippen LogP contribution in [0.25, 0.3) is 0 Å². The molecule has 0 bridgehead atoms. The monoisotopic (exact) mass is 278 g/mol. The lowest BCUT2D eigenvalue weighted by Gasteiger charge is -2.22. The minimum Gasteiger partial charge on any atom is -0.329 e. The molecule has 0 saturated carbocycles. The molecule has 1 aromatic carbocycles. The molecule has 2 rings (SSSR count). The van der Waals surface area contributed by atoms with E-state index in [2.05, 4.69) is 4.98 Å². The maximum atomic E-state index is 13.0. The molecule has 0 aliphatic rings. The van der Waals surface area contributed by atoms with Crippen molar-refractivity contribution in [1.82, 2.24) is 4.98 Å². The number of aryl methyl sites for hydroxylation is 2. The van der Waals surface area contributed by atoms with E-state index < -0.39 is 0 Å². The molecule has 0 spiro atoms. The summed E-state index contributed by atoms with van der Waals surface area (Å²) >= 11 is 6.02. The van der Waals surface area contributed by atoms with Gasteiger partial charge in [0.15, 0.2) is 0 Å². The number of alkyl halides is 1. The van der Waals surface area contributed by atoms with Crippen LogP contribution < -0.4 is 4.90 Å². The summed E-state index contributed by atoms with van der Waals surface area (Å²) in [6.45, 7) is 3.97. The Morgan fingerprint density at radius 3 is 2.42 bits per heavy atom. The molecule has 4 heteroatoms. The Hall–Kier alpha value is -1.61. The molecular weight excluding hydrogens is 263 g/mol. The molecule has 0 aliphatic carbocycles. The largest absolute Gasteiger partial charge is 0.329 e. The van der Waals surface area contributed by atoms with Crippen LogP contribution in [0, 0.1) is 19.7 Å². The lowest BCUT2D eigenvalue weighted by Crippen LogP contribution is -2.14. The van der Waals surface area contributed by atoms with Gasteiger partial charge in [-0.1, -0.05) is 0 Å². The summed E-state index contributed by atoms with van der Waals surface area (Å²) in [5, 5.41) is 0. The average molecular weight is 279 g/mol. The number of anilines is 2. The fourth-order valence-electron chi connectivity index (χ4n) is 2.07. The van der Waals surface area contributed by atoms with E-state index in [4.69, 9.17) is 11.6 Å². The van der Waals surface area contributed by atoms with Gasteiger partial charge >= 0.3 is 0 Å². The van der Waals surface area contributed by atoms with Crippen LogP contribution in [0.3, 0.4) is 0 Å². The van der Waals surface area contributed by atoms with Crippen molar-refractivity contribution in [3.63, 3.8) is 0 Å². The van der Waals surface area contributed by atoms with Crippen molar-refractivity contribution in [3.05, 3.63) is 53.0 Å². The van der Waals surface area contributed by atoms with Crippen molar-refractivity contribution >= 4 is 23.1 Å². The van der Waals surface area contributed by atoms with Crippen molar-refractivity contribution in [3.8, 4) is 0 Å². The van der Waals surface area contributed by atoms with E-state index in [9.17, 15) is 4.39 Å². The van der Waals surface area contributed by atoms with Gasteiger partial charge in [-0.25, -0.2) is 9.37 Å². The van der Waals surface area contributed by atoms with Crippen molar-refractivity contribution in [2.45, 2.75) is 19.7 Å². The van der Waals surface area contributed by atoms with Gasteiger partial charge in [0.25, 0.3) is 0 Å². The molecule has 0 atom stereocenters. The molecular formula is C15H16ClFN2. The first-order valence-corrected chi connectivity index (χ1v) is 6.58. The lowest BCUT2D eigenvalue weighted by molar-refractivity contribution is 0.628. The molecule has 0 saturated heterocycles. The molecule has 1 aromatic heterocycles. The van der Waals surface area contributed by atoms with Crippen LogP contribution in [0.5, 0.6) is 0 Å². The molecule has 0 N–H and O–H groups in total. The second kappa shape index (κ2) is 5.57. The molecule has 19 heavy (non-hydrogen) atoms. The Labute approximate surface area is 117 Å². The van der Waals surface area contributed by atoms with Gasteiger partial charge in [-0.2, -0.15) is 0 Å². The number of benzene rings is 1. The van der Waals surface area contributed by atoms with Gasteiger partial charge in [0.05, 0.1) is 5.88 Å². The minimum atomic E-state index is -0.247. The first-order chi connectivity index (χ1) is 9.02. The third-order valence-corrected chi connectivity index (χ3v) is 3.39. The second-order valence-corrected chi connectivity index (χ2v) is 4.82. The van der Waals surface area contributed by atoms with Crippen LogP contribution in [0.4, 0.5) is 15.9 Å². The van der Waals surface area contributed by atoms with Gasteiger partial charge in [0, 0.05) is 24.0 Å². The van der Waals surface area contributed by atoms with Gasteiger partial charge in [-0.3, -0.25) is 0 Å². The smallest absolute Gasteiger partial charge is 0.137 e. The first kappa shape index (κ1) is 13.8. The minimum absolute atomic E-state index is 0.247. The van der Waals surface area contributed by atoms with Crippen LogP contribution in [-0.4, -0.2) is 12.0 Å². The highest BCUT2D eigenvalue weighted by Crippen LogP contribution is 2.29. The average Bonchev–Trinajstić information content (AvgIpc) is 2.38. The quantitative estimate of drug-likeness (QED) is 0.776. The number of halogens is 2. The van der Waals surface area contributed by atoms with E-state index >= 15 is 0 Å². The number of pyridine rings is 1. The predicted octanol–water partition coefficient (Wildman–Crippen LogP) is 4.34. The van der Waals surface area contributed by atoms with E-state index in [0.29, 0.717) is 5.88 Å². The highest BCUT2D eigenvalue weighted by atomic mass is 35.5. The maximum absolute atomic E-state index is 13.0. The molecule has 0 amide bonds. The van der Waals surface area contributed by atoms with Crippen molar-refractivity contribution in [2.24, 2.45) is 0 Å². The van der Waals surface area contributed by atoms with Gasteiger partial charge in [-0.15, -0.1) is 11.6 Å². The number of hydrogen-bond acceptors (Lipinski definition) is 2. The van der Waals surface area contributed by atoms with Crippen LogP contribution in [0.1, 0.15) is 16.8 Å². The molecule has 0 unspecified atom stereocenters. The summed E-state index contributed by atoms with van der Waals surface area (Å²) < 4.78 is 13.0. The highest BCUT2D eigenvalue weighted by Gasteiger charge is 2.13. The summed E-state index contributed by atoms with van der Waals surface area (Å²) in [5.41, 5.74) is 3.94. The van der Waals surface area contributed by atoms with Crippen LogP contribution in [0.2, 0.25) is 0 Å². The van der Waals surface area contributed by atoms with Gasteiger partial charge in [0.2, 0.25) is 0 Å². The lowest BCUT2D eigenvalue weighted by atomic mass is 10.1. The van der Waals surface area contributed by atoms with E-state index in [0.717, 1.165) is 28.3 Å². The summed E-state index contributed by atoms with van der Waals surface area (Å²) in [5.74, 6) is 0.974. The summed E-state index contributed by atoms with van der Waals surface area (Å²) in [6, 6.07) is 8.35. The fraction of sp³-hybridized carbons (Fsp3) is 0.267. The Bertz CT molecular complexity index is 581. The Morgan fingerprint density at radius 1 is 1.21 bits per heavy atom. The zero-order chi connectivity index (χ0) is 14.0. The SMILES string of the molecule is Cc1cc(C)c(CCl)c(N(C)c2ccc(F)cc2)n1. The Kier molecular flexibility index (Phi) is 4.05. The van der Waals surface area contributed by atoms with Crippen molar-refractivity contribution in [1.29, 1.82) is 0 Å². The molecule has 2 nitrogen and oxygen atoms in total. The first-order valence-electron chi connectivity index (χ1n) is 6.05. The van der Waals surface area contributed by atoms with Crippen LogP contribution in [-0.2, 0) is 5.88 Å². The summed E-state index contributed by atoms with van der Waals surface area (Å²) in [7, 11) is 1.91. The standard InChI is InChI=1S/C15H16ClFN2/c1-10-8-11(2)18-15(14(10)9-16)19(3)13-6-4-12(17)5-7-13/h4-8H,9H2,1-3H3. The number of rotatable bonds is 3. The molecule has 0 radical (unpaired) electrons. The number of aromatic nitrogens is 1. The zero-order valence-electron chi connectivity index (χ0n) is 11.2. The predicted molar refractivity (Wildman–Crippen MR) is 77.7 cm³/mol. The van der Waals surface area contributed by atoms with Crippen molar-refractivity contribution in [2.75, 3.05) is 11.9 Å². The maximum Gasteiger partial charge on any atom is 0.137 e. The van der Waals surface area contributed by atoms with Gasteiger partial charge in [-0.05, 0) is 49.7 Å². The third-order valence-electron chi connectivity index (χ3n) is 3.12.